The van der Waals surface area contributed by atoms with Gasteiger partial charge in [0.05, 0.1) is 12.2 Å². The molecule has 0 spiro atoms. The van der Waals surface area contributed by atoms with E-state index in [1.54, 1.807) is 0 Å². The van der Waals surface area contributed by atoms with E-state index in [1.165, 1.54) is 0 Å². The maximum atomic E-state index is 12.9. The summed E-state index contributed by atoms with van der Waals surface area (Å²) in [7, 11) is 0. The zero-order chi connectivity index (χ0) is 18.9. The summed E-state index contributed by atoms with van der Waals surface area (Å²) < 4.78 is 7.82. The molecule has 1 fully saturated rings. The fourth-order valence-corrected chi connectivity index (χ4v) is 4.07. The van der Waals surface area contributed by atoms with E-state index in [0.29, 0.717) is 6.42 Å². The lowest BCUT2D eigenvalue weighted by molar-refractivity contribution is -0.139. The summed E-state index contributed by atoms with van der Waals surface area (Å²) in [5.41, 5.74) is 3.07. The Bertz CT molecular complexity index is 952. The van der Waals surface area contributed by atoms with Crippen molar-refractivity contribution >= 4 is 5.91 Å². The van der Waals surface area contributed by atoms with E-state index in [2.05, 4.69) is 10.3 Å². The minimum Gasteiger partial charge on any atom is -0.480 e. The Labute approximate surface area is 163 Å². The lowest BCUT2D eigenvalue weighted by atomic mass is 10.0. The first-order valence-electron chi connectivity index (χ1n) is 9.78. The molecule has 6 heteroatoms. The van der Waals surface area contributed by atoms with Gasteiger partial charge in [0.25, 0.3) is 5.91 Å². The second-order valence-electron chi connectivity index (χ2n) is 7.42. The van der Waals surface area contributed by atoms with Crippen LogP contribution in [0.4, 0.5) is 0 Å². The molecule has 0 radical (unpaired) electrons. The van der Waals surface area contributed by atoms with E-state index >= 15 is 0 Å². The minimum absolute atomic E-state index is 0.0956. The Morgan fingerprint density at radius 2 is 1.75 bits per heavy atom. The molecule has 0 aliphatic carbocycles. The molecule has 3 aromatic rings. The molecular weight excluding hydrogens is 352 g/mol. The Hall–Kier alpha value is -3.15. The maximum absolute atomic E-state index is 12.9. The summed E-state index contributed by atoms with van der Waals surface area (Å²) in [6, 6.07) is 18.2. The first kappa shape index (κ1) is 17.0. The number of amides is 1. The fourth-order valence-electron chi connectivity index (χ4n) is 4.07. The number of carbonyl (C=O) groups is 1. The van der Waals surface area contributed by atoms with Gasteiger partial charge in [-0.15, -0.1) is 5.10 Å². The van der Waals surface area contributed by atoms with Crippen LogP contribution in [0.5, 0.6) is 5.75 Å². The van der Waals surface area contributed by atoms with Gasteiger partial charge in [-0.25, -0.2) is 4.68 Å². The van der Waals surface area contributed by atoms with Crippen LogP contribution in [0.2, 0.25) is 0 Å². The quantitative estimate of drug-likeness (QED) is 0.707. The first-order valence-corrected chi connectivity index (χ1v) is 9.78. The third-order valence-electron chi connectivity index (χ3n) is 5.65. The fraction of sp³-hybridized carbons (Fsp3) is 0.318. The van der Waals surface area contributed by atoms with Crippen LogP contribution < -0.4 is 4.74 Å². The summed E-state index contributed by atoms with van der Waals surface area (Å²) >= 11 is 0. The summed E-state index contributed by atoms with van der Waals surface area (Å²) in [5.74, 6) is 0.935. The lowest BCUT2D eigenvalue weighted by Gasteiger charge is -2.33. The number of hydrogen-bond acceptors (Lipinski definition) is 4. The van der Waals surface area contributed by atoms with Gasteiger partial charge in [-0.05, 0) is 24.5 Å². The number of para-hydroxylation sites is 1. The molecule has 2 aromatic carbocycles. The van der Waals surface area contributed by atoms with Gasteiger partial charge < -0.3 is 9.64 Å². The molecule has 5 rings (SSSR count). The van der Waals surface area contributed by atoms with Crippen LogP contribution in [-0.4, -0.2) is 45.0 Å². The van der Waals surface area contributed by atoms with Gasteiger partial charge in [0, 0.05) is 25.1 Å². The van der Waals surface area contributed by atoms with E-state index in [9.17, 15) is 4.79 Å². The molecule has 0 bridgehead atoms. The summed E-state index contributed by atoms with van der Waals surface area (Å²) in [4.78, 5) is 14.8. The monoisotopic (exact) mass is 374 g/mol. The van der Waals surface area contributed by atoms with Gasteiger partial charge in [0.15, 0.2) is 6.10 Å². The molecule has 0 N–H and O–H groups in total. The van der Waals surface area contributed by atoms with Crippen LogP contribution in [0.3, 0.4) is 0 Å². The van der Waals surface area contributed by atoms with Crippen LogP contribution in [0, 0.1) is 0 Å². The zero-order valence-corrected chi connectivity index (χ0v) is 15.6. The van der Waals surface area contributed by atoms with E-state index in [-0.39, 0.29) is 18.1 Å². The van der Waals surface area contributed by atoms with Crippen LogP contribution in [0.1, 0.15) is 24.4 Å². The van der Waals surface area contributed by atoms with Crippen molar-refractivity contribution in [3.05, 3.63) is 66.4 Å². The maximum Gasteiger partial charge on any atom is 0.263 e. The SMILES string of the molecule is O=C(C1Cc2ccccc2O1)N1CCC(n2cc(-c3ccccc3)nn2)CC1. The highest BCUT2D eigenvalue weighted by atomic mass is 16.5. The average molecular weight is 374 g/mol. The molecule has 2 aliphatic rings. The number of ether oxygens (including phenoxy) is 1. The van der Waals surface area contributed by atoms with Crippen LogP contribution >= 0.6 is 0 Å². The van der Waals surface area contributed by atoms with Gasteiger partial charge in [-0.2, -0.15) is 0 Å². The van der Waals surface area contributed by atoms with E-state index in [4.69, 9.17) is 4.74 Å². The summed E-state index contributed by atoms with van der Waals surface area (Å²) in [6.45, 7) is 1.44. The third kappa shape index (κ3) is 3.15. The Balaban J connectivity index is 1.20. The van der Waals surface area contributed by atoms with Gasteiger partial charge in [0.1, 0.15) is 11.4 Å². The standard InChI is InChI=1S/C22H22N4O2/c27-22(21-14-17-8-4-5-9-20(17)28-21)25-12-10-18(11-13-25)26-15-19(23-24-26)16-6-2-1-3-7-16/h1-9,15,18,21H,10-14H2. The van der Waals surface area contributed by atoms with Crippen molar-refractivity contribution in [2.75, 3.05) is 13.1 Å². The first-order chi connectivity index (χ1) is 13.8. The topological polar surface area (TPSA) is 60.2 Å². The number of piperidine rings is 1. The normalized spacial score (nSPS) is 19.3. The molecule has 1 atom stereocenters. The summed E-state index contributed by atoms with van der Waals surface area (Å²) in [6.07, 6.45) is 4.04. The number of benzene rings is 2. The molecule has 2 aliphatic heterocycles. The number of fused-ring (bicyclic) bond motifs is 1. The van der Waals surface area contributed by atoms with Crippen molar-refractivity contribution in [2.24, 2.45) is 0 Å². The highest BCUT2D eigenvalue weighted by molar-refractivity contribution is 5.82. The molecule has 6 nitrogen and oxygen atoms in total. The zero-order valence-electron chi connectivity index (χ0n) is 15.6. The molecule has 28 heavy (non-hydrogen) atoms. The second kappa shape index (κ2) is 7.11. The number of hydrogen-bond donors (Lipinski definition) is 0. The number of aromatic nitrogens is 3. The highest BCUT2D eigenvalue weighted by Gasteiger charge is 2.34. The smallest absolute Gasteiger partial charge is 0.263 e. The summed E-state index contributed by atoms with van der Waals surface area (Å²) in [5, 5.41) is 8.64. The van der Waals surface area contributed by atoms with Crippen LogP contribution in [0.25, 0.3) is 11.3 Å². The number of nitrogens with zero attached hydrogens (tertiary/aromatic N) is 4. The molecule has 0 saturated carbocycles. The number of likely N-dealkylation sites (tertiary alicyclic amines) is 1. The van der Waals surface area contributed by atoms with Crippen molar-refractivity contribution in [1.82, 2.24) is 19.9 Å². The van der Waals surface area contributed by atoms with Crippen molar-refractivity contribution < 1.29 is 9.53 Å². The van der Waals surface area contributed by atoms with Crippen molar-refractivity contribution in [3.63, 3.8) is 0 Å². The van der Waals surface area contributed by atoms with Crippen molar-refractivity contribution in [2.45, 2.75) is 31.4 Å². The molecular formula is C22H22N4O2. The Morgan fingerprint density at radius 3 is 2.54 bits per heavy atom. The van der Waals surface area contributed by atoms with E-state index < -0.39 is 0 Å². The second-order valence-corrected chi connectivity index (χ2v) is 7.42. The van der Waals surface area contributed by atoms with E-state index in [0.717, 1.165) is 48.5 Å². The van der Waals surface area contributed by atoms with Gasteiger partial charge in [-0.1, -0.05) is 53.7 Å². The average Bonchev–Trinajstić information content (AvgIpc) is 3.41. The molecule has 1 unspecified atom stereocenters. The van der Waals surface area contributed by atoms with Crippen molar-refractivity contribution in [3.8, 4) is 17.0 Å². The van der Waals surface area contributed by atoms with Crippen LogP contribution in [0.15, 0.2) is 60.8 Å². The van der Waals surface area contributed by atoms with Gasteiger partial charge in [0.2, 0.25) is 0 Å². The molecule has 1 saturated heterocycles. The van der Waals surface area contributed by atoms with E-state index in [1.807, 2.05) is 70.4 Å². The minimum atomic E-state index is -0.384. The third-order valence-corrected chi connectivity index (χ3v) is 5.65. The number of carbonyl (C=O) groups excluding carboxylic acids is 1. The molecule has 3 heterocycles. The van der Waals surface area contributed by atoms with Crippen molar-refractivity contribution in [1.29, 1.82) is 0 Å². The number of rotatable bonds is 3. The highest BCUT2D eigenvalue weighted by Crippen LogP contribution is 2.30. The Kier molecular flexibility index (Phi) is 4.31. The lowest BCUT2D eigenvalue weighted by Crippen LogP contribution is -2.45. The van der Waals surface area contributed by atoms with Crippen LogP contribution in [-0.2, 0) is 11.2 Å². The predicted octanol–water partition coefficient (Wildman–Crippen LogP) is 3.11. The molecule has 142 valence electrons. The predicted molar refractivity (Wildman–Crippen MR) is 105 cm³/mol. The largest absolute Gasteiger partial charge is 0.480 e. The molecule has 1 amide bonds. The Morgan fingerprint density at radius 1 is 1.00 bits per heavy atom. The van der Waals surface area contributed by atoms with Gasteiger partial charge in [-0.3, -0.25) is 4.79 Å². The van der Waals surface area contributed by atoms with Gasteiger partial charge >= 0.3 is 0 Å². The molecule has 1 aromatic heterocycles.